The normalized spacial score (nSPS) is 12.8. The zero-order valence-corrected chi connectivity index (χ0v) is 28.6. The van der Waals surface area contributed by atoms with E-state index in [1.807, 2.05) is 0 Å². The molecular weight excluding hydrogens is 645 g/mol. The first kappa shape index (κ1) is 28.7. The van der Waals surface area contributed by atoms with Crippen molar-refractivity contribution in [2.45, 2.75) is 0 Å². The quantitative estimate of drug-likeness (QED) is 0.174. The van der Waals surface area contributed by atoms with Crippen LogP contribution in [0.15, 0.2) is 186 Å². The van der Waals surface area contributed by atoms with Crippen LogP contribution >= 0.6 is 0 Å². The largest absolute Gasteiger partial charge is 0.455 e. The van der Waals surface area contributed by atoms with E-state index in [9.17, 15) is 0 Å². The minimum absolute atomic E-state index is 0.0826. The van der Waals surface area contributed by atoms with E-state index in [2.05, 4.69) is 196 Å². The molecule has 4 heterocycles. The Morgan fingerprint density at radius 1 is 0.491 bits per heavy atom. The van der Waals surface area contributed by atoms with Crippen LogP contribution in [0.1, 0.15) is 0 Å². The Balaban J connectivity index is 1.24. The summed E-state index contributed by atoms with van der Waals surface area (Å²) >= 11 is 0. The zero-order chi connectivity index (χ0) is 34.6. The van der Waals surface area contributed by atoms with E-state index < -0.39 is 0 Å². The Bertz CT molecular complexity index is 3040. The minimum Gasteiger partial charge on any atom is -0.455 e. The van der Waals surface area contributed by atoms with Gasteiger partial charge in [-0.15, -0.1) is 0 Å². The maximum absolute atomic E-state index is 6.89. The molecule has 0 spiro atoms. The molecule has 2 aromatic heterocycles. The maximum Gasteiger partial charge on any atom is 0.333 e. The molecule has 4 nitrogen and oxygen atoms in total. The number of furan rings is 1. The fourth-order valence-corrected chi connectivity index (χ4v) is 9.22. The molecule has 0 bridgehead atoms. The summed E-state index contributed by atoms with van der Waals surface area (Å²) in [6.45, 7) is -0.0826. The molecular formula is C48H30BN3O. The second kappa shape index (κ2) is 10.8. The number of hydrogen-bond acceptors (Lipinski definition) is 3. The van der Waals surface area contributed by atoms with Crippen molar-refractivity contribution in [2.75, 3.05) is 9.80 Å². The van der Waals surface area contributed by atoms with Gasteiger partial charge >= 0.3 is 6.85 Å². The minimum atomic E-state index is -0.0826. The molecule has 0 saturated carbocycles. The number of anilines is 6. The van der Waals surface area contributed by atoms with Gasteiger partial charge in [0.25, 0.3) is 0 Å². The van der Waals surface area contributed by atoms with Crippen molar-refractivity contribution in [1.29, 1.82) is 0 Å². The molecule has 2 aliphatic rings. The van der Waals surface area contributed by atoms with Gasteiger partial charge < -0.3 is 18.7 Å². The average Bonchev–Trinajstić information content (AvgIpc) is 3.77. The molecule has 0 N–H and O–H groups in total. The molecule has 0 amide bonds. The lowest BCUT2D eigenvalue weighted by Crippen LogP contribution is -2.56. The third-order valence-corrected chi connectivity index (χ3v) is 11.3. The number of rotatable bonds is 4. The van der Waals surface area contributed by atoms with E-state index in [0.29, 0.717) is 0 Å². The number of nitrogens with zero attached hydrogens (tertiary/aromatic N) is 3. The van der Waals surface area contributed by atoms with E-state index in [-0.39, 0.29) is 6.85 Å². The number of aromatic nitrogens is 1. The van der Waals surface area contributed by atoms with Gasteiger partial charge in [-0.1, -0.05) is 115 Å². The van der Waals surface area contributed by atoms with Crippen molar-refractivity contribution < 1.29 is 4.42 Å². The van der Waals surface area contributed by atoms with Crippen LogP contribution in [-0.2, 0) is 0 Å². The van der Waals surface area contributed by atoms with E-state index in [1.165, 1.54) is 49.5 Å². The Labute approximate surface area is 306 Å². The fraction of sp³-hybridized carbons (Fsp3) is 0. The average molecular weight is 676 g/mol. The second-order valence-electron chi connectivity index (χ2n) is 14.1. The van der Waals surface area contributed by atoms with Gasteiger partial charge in [0.15, 0.2) is 0 Å². The van der Waals surface area contributed by atoms with Gasteiger partial charge in [0.1, 0.15) is 11.2 Å². The SMILES string of the molecule is c1ccc(N(c2ccccc2)c2ccc3c(c2)N(c2ccccc2)c2cc4c(oc5ccccc54)c4c2B3n2c3ccccc3c3cccc-4c32)cc1. The van der Waals surface area contributed by atoms with E-state index in [0.717, 1.165) is 50.4 Å². The van der Waals surface area contributed by atoms with Crippen LogP contribution in [0.2, 0.25) is 0 Å². The molecule has 0 atom stereocenters. The Morgan fingerprint density at radius 3 is 1.92 bits per heavy atom. The standard InChI is InChI=1S/C48H30BN3O/c1-4-15-31(16-5-1)50(32-17-6-2-7-18-32)34-27-28-40-42(29-34)51(33-19-8-3-9-20-33)43-30-39-36-22-11-13-26-44(36)53-48(39)45-38-24-14-23-37-35-21-10-12-25-41(35)52(47(37)38)49(40)46(43)45/h1-30H. The van der Waals surface area contributed by atoms with Gasteiger partial charge in [0.05, 0.1) is 0 Å². The molecule has 0 fully saturated rings. The van der Waals surface area contributed by atoms with Crippen molar-refractivity contribution in [1.82, 2.24) is 4.48 Å². The topological polar surface area (TPSA) is 24.6 Å². The molecule has 0 aliphatic carbocycles. The number of para-hydroxylation sites is 6. The summed E-state index contributed by atoms with van der Waals surface area (Å²) in [4.78, 5) is 4.84. The molecule has 10 aromatic rings. The van der Waals surface area contributed by atoms with Crippen LogP contribution in [0, 0.1) is 0 Å². The van der Waals surface area contributed by atoms with E-state index in [4.69, 9.17) is 4.42 Å². The lowest BCUT2D eigenvalue weighted by molar-refractivity contribution is 0.670. The van der Waals surface area contributed by atoms with Crippen LogP contribution in [0.5, 0.6) is 0 Å². The highest BCUT2D eigenvalue weighted by molar-refractivity contribution is 6.90. The highest BCUT2D eigenvalue weighted by Crippen LogP contribution is 2.50. The van der Waals surface area contributed by atoms with Gasteiger partial charge in [0.2, 0.25) is 0 Å². The first-order valence-electron chi connectivity index (χ1n) is 18.2. The summed E-state index contributed by atoms with van der Waals surface area (Å²) in [7, 11) is 0. The van der Waals surface area contributed by atoms with Crippen molar-refractivity contribution in [2.24, 2.45) is 0 Å². The lowest BCUT2D eigenvalue weighted by Gasteiger charge is -2.41. The van der Waals surface area contributed by atoms with Crippen molar-refractivity contribution in [3.63, 3.8) is 0 Å². The molecule has 0 saturated heterocycles. The molecule has 8 aromatic carbocycles. The van der Waals surface area contributed by atoms with Gasteiger partial charge in [0, 0.05) is 77.8 Å². The van der Waals surface area contributed by atoms with Crippen LogP contribution in [0.25, 0.3) is 54.9 Å². The second-order valence-corrected chi connectivity index (χ2v) is 14.1. The van der Waals surface area contributed by atoms with E-state index >= 15 is 0 Å². The summed E-state index contributed by atoms with van der Waals surface area (Å²) in [6, 6.07) is 65.8. The first-order chi connectivity index (χ1) is 26.3. The lowest BCUT2D eigenvalue weighted by atomic mass is 9.45. The molecule has 0 radical (unpaired) electrons. The Kier molecular flexibility index (Phi) is 5.83. The smallest absolute Gasteiger partial charge is 0.333 e. The monoisotopic (exact) mass is 675 g/mol. The van der Waals surface area contributed by atoms with Crippen LogP contribution in [0.3, 0.4) is 0 Å². The molecule has 53 heavy (non-hydrogen) atoms. The van der Waals surface area contributed by atoms with Crippen molar-refractivity contribution in [3.05, 3.63) is 182 Å². The van der Waals surface area contributed by atoms with Crippen LogP contribution in [-0.4, -0.2) is 11.3 Å². The Hall–Kier alpha value is -6.98. The zero-order valence-electron chi connectivity index (χ0n) is 28.6. The van der Waals surface area contributed by atoms with E-state index in [1.54, 1.807) is 0 Å². The Morgan fingerprint density at radius 2 is 1.15 bits per heavy atom. The third-order valence-electron chi connectivity index (χ3n) is 11.3. The summed E-state index contributed by atoms with van der Waals surface area (Å²) in [6.07, 6.45) is 0. The fourth-order valence-electron chi connectivity index (χ4n) is 9.22. The highest BCUT2D eigenvalue weighted by Gasteiger charge is 2.44. The molecule has 2 aliphatic heterocycles. The summed E-state index contributed by atoms with van der Waals surface area (Å²) < 4.78 is 9.49. The summed E-state index contributed by atoms with van der Waals surface area (Å²) in [5, 5.41) is 4.79. The first-order valence-corrected chi connectivity index (χ1v) is 18.2. The summed E-state index contributed by atoms with van der Waals surface area (Å²) in [5.74, 6) is 0. The highest BCUT2D eigenvalue weighted by atomic mass is 16.3. The van der Waals surface area contributed by atoms with Gasteiger partial charge in [-0.25, -0.2) is 0 Å². The molecule has 246 valence electrons. The maximum atomic E-state index is 6.89. The predicted octanol–water partition coefficient (Wildman–Crippen LogP) is 11.6. The van der Waals surface area contributed by atoms with Crippen LogP contribution < -0.4 is 20.7 Å². The molecule has 5 heteroatoms. The third kappa shape index (κ3) is 3.91. The summed E-state index contributed by atoms with van der Waals surface area (Å²) in [5.41, 5.74) is 16.0. The van der Waals surface area contributed by atoms with Crippen molar-refractivity contribution in [3.8, 4) is 11.1 Å². The predicted molar refractivity (Wildman–Crippen MR) is 222 cm³/mol. The van der Waals surface area contributed by atoms with Crippen molar-refractivity contribution >= 4 is 95.6 Å². The molecule has 12 rings (SSSR count). The number of hydrogen-bond donors (Lipinski definition) is 0. The van der Waals surface area contributed by atoms with Gasteiger partial charge in [-0.05, 0) is 77.7 Å². The van der Waals surface area contributed by atoms with Crippen LogP contribution in [0.4, 0.5) is 34.1 Å². The molecule has 0 unspecified atom stereocenters. The van der Waals surface area contributed by atoms with Gasteiger partial charge in [-0.2, -0.15) is 0 Å². The number of fused-ring (bicyclic) bond motifs is 11. The number of benzene rings is 8. The van der Waals surface area contributed by atoms with Gasteiger partial charge in [-0.3, -0.25) is 0 Å².